The molecule has 2 fully saturated rings. The van der Waals surface area contributed by atoms with Crippen LogP contribution in [0.15, 0.2) is 30.7 Å². The average Bonchev–Trinajstić information content (AvgIpc) is 3.35. The molecule has 0 N–H and O–H groups in total. The number of morpholine rings is 2. The summed E-state index contributed by atoms with van der Waals surface area (Å²) in [7, 11) is 0. The molecule has 3 aromatic heterocycles. The third kappa shape index (κ3) is 3.87. The number of hydrogen-bond donors (Lipinski definition) is 0. The van der Waals surface area contributed by atoms with E-state index in [4.69, 9.17) is 24.4 Å². The summed E-state index contributed by atoms with van der Waals surface area (Å²) >= 11 is 0. The van der Waals surface area contributed by atoms with Crippen LogP contribution in [0.1, 0.15) is 0 Å². The molecule has 0 radical (unpaired) electrons. The Morgan fingerprint density at radius 1 is 0.724 bits per heavy atom. The van der Waals surface area contributed by atoms with E-state index < -0.39 is 0 Å². The van der Waals surface area contributed by atoms with Gasteiger partial charge >= 0.3 is 0 Å². The predicted molar refractivity (Wildman–Crippen MR) is 104 cm³/mol. The van der Waals surface area contributed by atoms with Crippen LogP contribution in [-0.4, -0.2) is 87.3 Å². The minimum absolute atomic E-state index is 0.466. The number of ether oxygens (including phenoxy) is 2. The molecule has 0 atom stereocenters. The molecule has 5 rings (SSSR count). The lowest BCUT2D eigenvalue weighted by Crippen LogP contribution is -2.40. The average molecular weight is 395 g/mol. The molecule has 11 nitrogen and oxygen atoms in total. The third-order valence-electron chi connectivity index (χ3n) is 4.78. The van der Waals surface area contributed by atoms with Crippen molar-refractivity contribution in [2.45, 2.75) is 0 Å². The topological polar surface area (TPSA) is 107 Å². The predicted octanol–water partition coefficient (Wildman–Crippen LogP) is 0.188. The number of aromatic nitrogens is 7. The quantitative estimate of drug-likeness (QED) is 0.607. The number of hydrogen-bond acceptors (Lipinski definition) is 10. The standard InChI is InChI=1S/C18H21N9O2/c1-3-20-27(5-1)16-19-4-2-14(21-16)15-22-17(25-6-10-28-11-7-25)24-18(23-15)26-8-12-29-13-9-26/h1-5H,6-13H2. The molecule has 0 aliphatic carbocycles. The van der Waals surface area contributed by atoms with Crippen molar-refractivity contribution in [3.63, 3.8) is 0 Å². The summed E-state index contributed by atoms with van der Waals surface area (Å²) in [5.74, 6) is 2.26. The lowest BCUT2D eigenvalue weighted by atomic mass is 10.3. The Morgan fingerprint density at radius 3 is 1.97 bits per heavy atom. The van der Waals surface area contributed by atoms with E-state index in [0.717, 1.165) is 26.2 Å². The van der Waals surface area contributed by atoms with Gasteiger partial charge in [-0.05, 0) is 12.1 Å². The number of nitrogens with zero attached hydrogens (tertiary/aromatic N) is 9. The summed E-state index contributed by atoms with van der Waals surface area (Å²) in [5, 5.41) is 4.20. The first kappa shape index (κ1) is 17.9. The van der Waals surface area contributed by atoms with E-state index in [1.54, 1.807) is 29.3 Å². The second-order valence-electron chi connectivity index (χ2n) is 6.65. The van der Waals surface area contributed by atoms with Crippen LogP contribution in [0.3, 0.4) is 0 Å². The summed E-state index contributed by atoms with van der Waals surface area (Å²) in [5.41, 5.74) is 0.622. The van der Waals surface area contributed by atoms with Crippen LogP contribution < -0.4 is 9.80 Å². The highest BCUT2D eigenvalue weighted by molar-refractivity contribution is 5.55. The van der Waals surface area contributed by atoms with Crippen molar-refractivity contribution in [2.75, 3.05) is 62.4 Å². The summed E-state index contributed by atoms with van der Waals surface area (Å²) in [6.45, 7) is 5.61. The Morgan fingerprint density at radius 2 is 1.38 bits per heavy atom. The van der Waals surface area contributed by atoms with Crippen LogP contribution in [-0.2, 0) is 9.47 Å². The highest BCUT2D eigenvalue weighted by Crippen LogP contribution is 2.22. The summed E-state index contributed by atoms with van der Waals surface area (Å²) in [6, 6.07) is 3.63. The van der Waals surface area contributed by atoms with Crippen molar-refractivity contribution < 1.29 is 9.47 Å². The fourth-order valence-corrected chi connectivity index (χ4v) is 3.25. The minimum atomic E-state index is 0.466. The van der Waals surface area contributed by atoms with E-state index in [1.165, 1.54) is 0 Å². The van der Waals surface area contributed by atoms with Crippen LogP contribution in [0.5, 0.6) is 0 Å². The van der Waals surface area contributed by atoms with Gasteiger partial charge in [0.2, 0.25) is 11.9 Å². The number of anilines is 2. The van der Waals surface area contributed by atoms with Crippen molar-refractivity contribution in [1.29, 1.82) is 0 Å². The first-order valence-electron chi connectivity index (χ1n) is 9.62. The van der Waals surface area contributed by atoms with Gasteiger partial charge in [0.15, 0.2) is 5.82 Å². The van der Waals surface area contributed by atoms with Crippen LogP contribution in [0.25, 0.3) is 17.5 Å². The van der Waals surface area contributed by atoms with Crippen molar-refractivity contribution in [3.05, 3.63) is 30.7 Å². The highest BCUT2D eigenvalue weighted by atomic mass is 16.5. The molecule has 0 bridgehead atoms. The molecule has 2 aliphatic rings. The van der Waals surface area contributed by atoms with Gasteiger partial charge in [-0.25, -0.2) is 14.6 Å². The van der Waals surface area contributed by atoms with Gasteiger partial charge in [0.25, 0.3) is 5.95 Å². The van der Waals surface area contributed by atoms with Crippen molar-refractivity contribution in [3.8, 4) is 17.5 Å². The highest BCUT2D eigenvalue weighted by Gasteiger charge is 2.21. The zero-order valence-corrected chi connectivity index (χ0v) is 15.9. The Labute approximate surface area is 167 Å². The van der Waals surface area contributed by atoms with Crippen LogP contribution in [0, 0.1) is 0 Å². The first-order valence-corrected chi connectivity index (χ1v) is 9.62. The molecule has 150 valence electrons. The minimum Gasteiger partial charge on any atom is -0.378 e. The normalized spacial score (nSPS) is 17.5. The van der Waals surface area contributed by atoms with Gasteiger partial charge in [-0.3, -0.25) is 0 Å². The molecule has 3 aromatic rings. The molecule has 5 heterocycles. The Balaban J connectivity index is 1.55. The molecule has 0 unspecified atom stereocenters. The lowest BCUT2D eigenvalue weighted by molar-refractivity contribution is 0.121. The second-order valence-corrected chi connectivity index (χ2v) is 6.65. The molecule has 29 heavy (non-hydrogen) atoms. The molecule has 11 heteroatoms. The zero-order chi connectivity index (χ0) is 19.5. The van der Waals surface area contributed by atoms with Gasteiger partial charge in [0.05, 0.1) is 26.4 Å². The van der Waals surface area contributed by atoms with Crippen LogP contribution in [0.2, 0.25) is 0 Å². The first-order chi connectivity index (χ1) is 14.4. The van der Waals surface area contributed by atoms with Crippen molar-refractivity contribution >= 4 is 11.9 Å². The van der Waals surface area contributed by atoms with Gasteiger partial charge in [-0.1, -0.05) is 0 Å². The van der Waals surface area contributed by atoms with E-state index in [1.807, 2.05) is 6.07 Å². The molecule has 0 spiro atoms. The zero-order valence-electron chi connectivity index (χ0n) is 15.9. The largest absolute Gasteiger partial charge is 0.378 e. The van der Waals surface area contributed by atoms with E-state index in [0.29, 0.717) is 55.8 Å². The van der Waals surface area contributed by atoms with Crippen molar-refractivity contribution in [1.82, 2.24) is 34.7 Å². The Kier molecular flexibility index (Phi) is 4.97. The summed E-state index contributed by atoms with van der Waals surface area (Å²) in [6.07, 6.45) is 5.17. The lowest BCUT2D eigenvalue weighted by Gasteiger charge is -2.30. The van der Waals surface area contributed by atoms with Gasteiger partial charge in [-0.15, -0.1) is 0 Å². The maximum atomic E-state index is 5.47. The smallest absolute Gasteiger partial charge is 0.251 e. The molecule has 2 aliphatic heterocycles. The molecule has 0 aromatic carbocycles. The van der Waals surface area contributed by atoms with E-state index >= 15 is 0 Å². The Bertz CT molecular complexity index is 917. The van der Waals surface area contributed by atoms with Crippen LogP contribution >= 0.6 is 0 Å². The van der Waals surface area contributed by atoms with E-state index in [9.17, 15) is 0 Å². The van der Waals surface area contributed by atoms with E-state index in [2.05, 4.69) is 24.9 Å². The molecule has 0 amide bonds. The summed E-state index contributed by atoms with van der Waals surface area (Å²) in [4.78, 5) is 27.3. The SMILES string of the molecule is c1cnn(-c2nccc(-c3nc(N4CCOCC4)nc(N4CCOCC4)n3)n2)c1. The summed E-state index contributed by atoms with van der Waals surface area (Å²) < 4.78 is 12.5. The Hall–Kier alpha value is -3.18. The molecule has 0 saturated carbocycles. The fourth-order valence-electron chi connectivity index (χ4n) is 3.25. The maximum Gasteiger partial charge on any atom is 0.251 e. The molecular weight excluding hydrogens is 374 g/mol. The molecular formula is C18H21N9O2. The van der Waals surface area contributed by atoms with Crippen molar-refractivity contribution in [2.24, 2.45) is 0 Å². The van der Waals surface area contributed by atoms with Crippen LogP contribution in [0.4, 0.5) is 11.9 Å². The monoisotopic (exact) mass is 395 g/mol. The fraction of sp³-hybridized carbons (Fsp3) is 0.444. The third-order valence-corrected chi connectivity index (χ3v) is 4.78. The molecule has 2 saturated heterocycles. The second kappa shape index (κ2) is 8.05. The van der Waals surface area contributed by atoms with Gasteiger partial charge < -0.3 is 19.3 Å². The van der Waals surface area contributed by atoms with Gasteiger partial charge in [-0.2, -0.15) is 20.1 Å². The van der Waals surface area contributed by atoms with Gasteiger partial charge in [0, 0.05) is 44.8 Å². The van der Waals surface area contributed by atoms with Gasteiger partial charge in [0.1, 0.15) is 5.69 Å². The number of rotatable bonds is 4. The van der Waals surface area contributed by atoms with E-state index in [-0.39, 0.29) is 0 Å². The maximum absolute atomic E-state index is 5.47.